The van der Waals surface area contributed by atoms with Gasteiger partial charge < -0.3 is 15.5 Å². The molecule has 1 unspecified atom stereocenters. The fourth-order valence-corrected chi connectivity index (χ4v) is 5.01. The maximum absolute atomic E-state index is 14.6. The quantitative estimate of drug-likeness (QED) is 0.796. The van der Waals surface area contributed by atoms with E-state index in [-0.39, 0.29) is 17.5 Å². The second kappa shape index (κ2) is 7.48. The lowest BCUT2D eigenvalue weighted by Crippen LogP contribution is -2.57. The fourth-order valence-electron chi connectivity index (χ4n) is 5.01. The van der Waals surface area contributed by atoms with E-state index in [1.165, 1.54) is 30.2 Å². The first-order chi connectivity index (χ1) is 15.0. The van der Waals surface area contributed by atoms with Crippen molar-refractivity contribution in [3.8, 4) is 0 Å². The number of amides is 3. The van der Waals surface area contributed by atoms with Gasteiger partial charge in [0.1, 0.15) is 5.82 Å². The molecule has 5 rings (SSSR count). The third-order valence-corrected chi connectivity index (χ3v) is 6.85. The van der Waals surface area contributed by atoms with Gasteiger partial charge in [0, 0.05) is 24.2 Å². The van der Waals surface area contributed by atoms with Crippen LogP contribution >= 0.6 is 0 Å². The van der Waals surface area contributed by atoms with Crippen LogP contribution in [0.25, 0.3) is 0 Å². The minimum absolute atomic E-state index is 0.131. The lowest BCUT2D eigenvalue weighted by molar-refractivity contribution is -0.119. The van der Waals surface area contributed by atoms with Crippen LogP contribution in [0.5, 0.6) is 0 Å². The molecule has 0 saturated heterocycles. The van der Waals surface area contributed by atoms with E-state index in [4.69, 9.17) is 0 Å². The average molecular weight is 420 g/mol. The maximum atomic E-state index is 14.6. The summed E-state index contributed by atoms with van der Waals surface area (Å²) in [6.07, 6.45) is 4.60. The summed E-state index contributed by atoms with van der Waals surface area (Å²) in [7, 11) is 1.64. The number of carbonyl (C=O) groups is 2. The Bertz CT molecular complexity index is 1070. The molecule has 2 N–H and O–H groups in total. The molecule has 160 valence electrons. The largest absolute Gasteiger partial charge is 0.335 e. The van der Waals surface area contributed by atoms with Gasteiger partial charge in [-0.25, -0.2) is 14.2 Å². The summed E-state index contributed by atoms with van der Waals surface area (Å²) in [5.41, 5.74) is 2.32. The van der Waals surface area contributed by atoms with Crippen molar-refractivity contribution >= 4 is 23.3 Å². The van der Waals surface area contributed by atoms with Gasteiger partial charge in [-0.3, -0.25) is 4.79 Å². The van der Waals surface area contributed by atoms with Crippen LogP contribution in [0.4, 0.5) is 14.9 Å². The van der Waals surface area contributed by atoms with E-state index in [0.717, 1.165) is 12.8 Å². The van der Waals surface area contributed by atoms with Gasteiger partial charge >= 0.3 is 6.03 Å². The van der Waals surface area contributed by atoms with Gasteiger partial charge in [-0.1, -0.05) is 36.8 Å². The molecule has 1 heterocycles. The van der Waals surface area contributed by atoms with E-state index in [1.807, 2.05) is 12.1 Å². The standard InChI is InChI=1S/C24H25FN4O2/c1-29-19-10-5-3-8-17(19)20(16-7-2-4-9-18(16)25)27-21(22(29)30)28-23(31)26-15-13-24(14-15)11-6-12-24/h2-5,7-10,15,21H,6,11-14H2,1H3,(H2,26,28,31). The number of nitrogens with one attached hydrogen (secondary N) is 2. The first-order valence-electron chi connectivity index (χ1n) is 10.7. The van der Waals surface area contributed by atoms with Crippen molar-refractivity contribution in [3.63, 3.8) is 0 Å². The third kappa shape index (κ3) is 3.48. The van der Waals surface area contributed by atoms with Crippen molar-refractivity contribution in [1.82, 2.24) is 10.6 Å². The Balaban J connectivity index is 1.43. The monoisotopic (exact) mass is 420 g/mol. The number of benzodiazepines with no additional fused rings is 1. The molecule has 6 nitrogen and oxygen atoms in total. The van der Waals surface area contributed by atoms with Crippen molar-refractivity contribution < 1.29 is 14.0 Å². The molecule has 1 aliphatic heterocycles. The second-order valence-electron chi connectivity index (χ2n) is 8.85. The van der Waals surface area contributed by atoms with Crippen LogP contribution in [0.2, 0.25) is 0 Å². The van der Waals surface area contributed by atoms with E-state index in [9.17, 15) is 14.0 Å². The summed E-state index contributed by atoms with van der Waals surface area (Å²) in [5.74, 6) is -0.811. The highest BCUT2D eigenvalue weighted by Gasteiger charge is 2.48. The Morgan fingerprint density at radius 3 is 2.42 bits per heavy atom. The van der Waals surface area contributed by atoms with Gasteiger partial charge in [-0.05, 0) is 49.3 Å². The van der Waals surface area contributed by atoms with E-state index in [1.54, 1.807) is 37.4 Å². The first kappa shape index (κ1) is 19.7. The van der Waals surface area contributed by atoms with Crippen LogP contribution in [-0.2, 0) is 4.79 Å². The number of benzene rings is 2. The Morgan fingerprint density at radius 2 is 1.74 bits per heavy atom. The fraction of sp³-hybridized carbons (Fsp3) is 0.375. The molecule has 1 atom stereocenters. The minimum atomic E-state index is -1.15. The summed E-state index contributed by atoms with van der Waals surface area (Å²) in [6, 6.07) is 13.3. The summed E-state index contributed by atoms with van der Waals surface area (Å²) < 4.78 is 14.6. The number of para-hydroxylation sites is 1. The molecule has 7 heteroatoms. The van der Waals surface area contributed by atoms with Crippen LogP contribution < -0.4 is 15.5 Å². The highest BCUT2D eigenvalue weighted by atomic mass is 19.1. The molecular weight excluding hydrogens is 395 g/mol. The molecule has 0 bridgehead atoms. The van der Waals surface area contributed by atoms with Crippen molar-refractivity contribution in [2.24, 2.45) is 10.4 Å². The molecule has 1 spiro atoms. The minimum Gasteiger partial charge on any atom is -0.335 e. The number of anilines is 1. The number of carbonyl (C=O) groups excluding carboxylic acids is 2. The average Bonchev–Trinajstić information content (AvgIpc) is 2.80. The lowest BCUT2D eigenvalue weighted by Gasteiger charge is -2.54. The van der Waals surface area contributed by atoms with Gasteiger partial charge in [0.25, 0.3) is 5.91 Å². The highest BCUT2D eigenvalue weighted by Crippen LogP contribution is 2.55. The Morgan fingerprint density at radius 1 is 1.06 bits per heavy atom. The molecule has 2 aliphatic carbocycles. The van der Waals surface area contributed by atoms with Crippen molar-refractivity contribution in [1.29, 1.82) is 0 Å². The van der Waals surface area contributed by atoms with E-state index in [0.29, 0.717) is 22.4 Å². The van der Waals surface area contributed by atoms with Crippen molar-refractivity contribution in [2.45, 2.75) is 44.3 Å². The van der Waals surface area contributed by atoms with Crippen LogP contribution in [0.1, 0.15) is 43.2 Å². The Labute approximate surface area is 180 Å². The van der Waals surface area contributed by atoms with Gasteiger partial charge in [0.15, 0.2) is 0 Å². The SMILES string of the molecule is CN1C(=O)C(NC(=O)NC2CC3(CCC3)C2)N=C(c2ccccc2F)c2ccccc21. The molecule has 2 aromatic carbocycles. The number of nitrogens with zero attached hydrogens (tertiary/aromatic N) is 2. The van der Waals surface area contributed by atoms with Gasteiger partial charge in [-0.2, -0.15) is 0 Å². The smallest absolute Gasteiger partial charge is 0.317 e. The molecule has 3 amide bonds. The zero-order valence-corrected chi connectivity index (χ0v) is 17.4. The molecule has 2 saturated carbocycles. The van der Waals surface area contributed by atoms with Crippen molar-refractivity contribution in [2.75, 3.05) is 11.9 Å². The molecule has 2 aromatic rings. The number of aliphatic imine (C=N–C) groups is 1. The van der Waals surface area contributed by atoms with Gasteiger partial charge in [0.05, 0.1) is 11.4 Å². The summed E-state index contributed by atoms with van der Waals surface area (Å²) in [5, 5.41) is 5.67. The Hall–Kier alpha value is -3.22. The van der Waals surface area contributed by atoms with Crippen molar-refractivity contribution in [3.05, 3.63) is 65.5 Å². The van der Waals surface area contributed by atoms with E-state index < -0.39 is 18.0 Å². The first-order valence-corrected chi connectivity index (χ1v) is 10.7. The number of urea groups is 1. The number of halogens is 1. The molecule has 3 aliphatic rings. The maximum Gasteiger partial charge on any atom is 0.317 e. The molecule has 31 heavy (non-hydrogen) atoms. The van der Waals surface area contributed by atoms with Crippen LogP contribution in [0.3, 0.4) is 0 Å². The Kier molecular flexibility index (Phi) is 4.76. The predicted octanol–water partition coefficient (Wildman–Crippen LogP) is 3.60. The number of likely N-dealkylation sites (N-methyl/N-ethyl adjacent to an activating group) is 1. The second-order valence-corrected chi connectivity index (χ2v) is 8.85. The number of fused-ring (bicyclic) bond motifs is 1. The normalized spacial score (nSPS) is 22.0. The molecule has 0 aromatic heterocycles. The zero-order chi connectivity index (χ0) is 21.6. The molecular formula is C24H25FN4O2. The number of rotatable bonds is 3. The number of hydrogen-bond donors (Lipinski definition) is 2. The lowest BCUT2D eigenvalue weighted by atomic mass is 9.54. The van der Waals surface area contributed by atoms with E-state index >= 15 is 0 Å². The van der Waals surface area contributed by atoms with Gasteiger partial charge in [-0.15, -0.1) is 0 Å². The summed E-state index contributed by atoms with van der Waals surface area (Å²) >= 11 is 0. The van der Waals surface area contributed by atoms with Gasteiger partial charge in [0.2, 0.25) is 6.17 Å². The van der Waals surface area contributed by atoms with Crippen LogP contribution in [0, 0.1) is 11.2 Å². The highest BCUT2D eigenvalue weighted by molar-refractivity contribution is 6.20. The predicted molar refractivity (Wildman–Crippen MR) is 117 cm³/mol. The topological polar surface area (TPSA) is 73.8 Å². The summed E-state index contributed by atoms with van der Waals surface area (Å²) in [6.45, 7) is 0. The zero-order valence-electron chi connectivity index (χ0n) is 17.4. The summed E-state index contributed by atoms with van der Waals surface area (Å²) in [4.78, 5) is 31.8. The van der Waals surface area contributed by atoms with Crippen LogP contribution in [-0.4, -0.2) is 36.9 Å². The third-order valence-electron chi connectivity index (χ3n) is 6.85. The molecule has 2 fully saturated rings. The van der Waals surface area contributed by atoms with Crippen LogP contribution in [0.15, 0.2) is 53.5 Å². The van der Waals surface area contributed by atoms with E-state index in [2.05, 4.69) is 15.6 Å². The molecule has 0 radical (unpaired) electrons. The number of hydrogen-bond acceptors (Lipinski definition) is 3.